The molecule has 8 atom stereocenters. The van der Waals surface area contributed by atoms with Crippen molar-refractivity contribution in [2.24, 2.45) is 35.5 Å². The molecule has 8 unspecified atom stereocenters. The zero-order chi connectivity index (χ0) is 10.9. The topological polar surface area (TPSA) is 18.5 Å². The lowest BCUT2D eigenvalue weighted by Crippen LogP contribution is -2.45. The average molecular weight is 220 g/mol. The van der Waals surface area contributed by atoms with Gasteiger partial charge in [0.2, 0.25) is 0 Å². The largest absolute Gasteiger partial charge is 0.378 e. The molecule has 0 aliphatic heterocycles. The Labute approximate surface area is 97.0 Å². The first-order valence-electron chi connectivity index (χ1n) is 6.59. The van der Waals surface area contributed by atoms with E-state index in [4.69, 9.17) is 9.47 Å². The summed E-state index contributed by atoms with van der Waals surface area (Å²) >= 11 is 0. The van der Waals surface area contributed by atoms with Crippen molar-refractivity contribution in [3.05, 3.63) is 12.2 Å². The Bertz CT molecular complexity index is 308. The van der Waals surface area contributed by atoms with Gasteiger partial charge in [0.1, 0.15) is 0 Å². The molecule has 3 saturated carbocycles. The highest BCUT2D eigenvalue weighted by molar-refractivity contribution is 5.22. The predicted octanol–water partition coefficient (Wildman–Crippen LogP) is 2.10. The summed E-state index contributed by atoms with van der Waals surface area (Å²) in [4.78, 5) is 0. The van der Waals surface area contributed by atoms with Crippen LogP contribution in [-0.4, -0.2) is 26.4 Å². The Morgan fingerprint density at radius 1 is 0.812 bits per heavy atom. The Kier molecular flexibility index (Phi) is 1.88. The maximum absolute atomic E-state index is 5.72. The molecule has 2 nitrogen and oxygen atoms in total. The van der Waals surface area contributed by atoms with E-state index in [-0.39, 0.29) is 0 Å². The molecule has 0 aromatic carbocycles. The molecule has 3 fully saturated rings. The first kappa shape index (κ1) is 9.67. The summed E-state index contributed by atoms with van der Waals surface area (Å²) in [5, 5.41) is 0. The Morgan fingerprint density at radius 2 is 1.31 bits per heavy atom. The minimum Gasteiger partial charge on any atom is -0.378 e. The lowest BCUT2D eigenvalue weighted by Gasteiger charge is -2.40. The summed E-state index contributed by atoms with van der Waals surface area (Å²) in [5.41, 5.74) is 0. The van der Waals surface area contributed by atoms with E-state index in [1.165, 1.54) is 12.8 Å². The van der Waals surface area contributed by atoms with Crippen LogP contribution in [0.25, 0.3) is 0 Å². The van der Waals surface area contributed by atoms with Crippen LogP contribution < -0.4 is 0 Å². The minimum atomic E-state index is 0.365. The van der Waals surface area contributed by atoms with Gasteiger partial charge in [-0.05, 0) is 48.3 Å². The van der Waals surface area contributed by atoms with Crippen molar-refractivity contribution in [3.63, 3.8) is 0 Å². The molecule has 0 N–H and O–H groups in total. The molecule has 0 amide bonds. The van der Waals surface area contributed by atoms with Gasteiger partial charge in [-0.3, -0.25) is 0 Å². The molecular weight excluding hydrogens is 200 g/mol. The van der Waals surface area contributed by atoms with Crippen molar-refractivity contribution >= 4 is 0 Å². The van der Waals surface area contributed by atoms with Gasteiger partial charge in [-0.15, -0.1) is 0 Å². The van der Waals surface area contributed by atoms with Crippen LogP contribution in [0.1, 0.15) is 12.8 Å². The normalized spacial score (nSPS) is 60.9. The maximum atomic E-state index is 5.72. The van der Waals surface area contributed by atoms with Crippen LogP contribution in [0.5, 0.6) is 0 Å². The minimum absolute atomic E-state index is 0.365. The third kappa shape index (κ3) is 0.925. The van der Waals surface area contributed by atoms with Gasteiger partial charge in [0.05, 0.1) is 12.2 Å². The van der Waals surface area contributed by atoms with E-state index in [9.17, 15) is 0 Å². The summed E-state index contributed by atoms with van der Waals surface area (Å²) in [6.45, 7) is 0. The molecular formula is C14H20O2. The second-order valence-electron chi connectivity index (χ2n) is 6.07. The first-order chi connectivity index (χ1) is 7.85. The van der Waals surface area contributed by atoms with Gasteiger partial charge >= 0.3 is 0 Å². The molecule has 0 aromatic rings. The Balaban J connectivity index is 1.71. The van der Waals surface area contributed by atoms with Crippen LogP contribution in [-0.2, 0) is 9.47 Å². The van der Waals surface area contributed by atoms with E-state index in [2.05, 4.69) is 12.2 Å². The summed E-state index contributed by atoms with van der Waals surface area (Å²) in [6.07, 6.45) is 8.44. The second-order valence-corrected chi connectivity index (χ2v) is 6.07. The van der Waals surface area contributed by atoms with Gasteiger partial charge in [-0.2, -0.15) is 0 Å². The van der Waals surface area contributed by atoms with E-state index in [1.807, 2.05) is 14.2 Å². The van der Waals surface area contributed by atoms with Crippen molar-refractivity contribution in [1.29, 1.82) is 0 Å². The Morgan fingerprint density at radius 3 is 1.75 bits per heavy atom. The van der Waals surface area contributed by atoms with E-state index in [1.54, 1.807) is 0 Å². The van der Waals surface area contributed by atoms with Crippen molar-refractivity contribution in [2.75, 3.05) is 14.2 Å². The molecule has 4 aliphatic carbocycles. The van der Waals surface area contributed by atoms with Gasteiger partial charge in [-0.25, -0.2) is 0 Å². The zero-order valence-corrected chi connectivity index (χ0v) is 10.0. The molecule has 2 heteroatoms. The fourth-order valence-corrected chi connectivity index (χ4v) is 5.54. The van der Waals surface area contributed by atoms with Crippen molar-refractivity contribution in [1.82, 2.24) is 0 Å². The molecule has 88 valence electrons. The van der Waals surface area contributed by atoms with Crippen molar-refractivity contribution in [3.8, 4) is 0 Å². The SMILES string of the molecule is COC1C2CC(C1OC)C1C3C=CC(C3)C21. The summed E-state index contributed by atoms with van der Waals surface area (Å²) in [6, 6.07) is 0. The second kappa shape index (κ2) is 3.11. The lowest BCUT2D eigenvalue weighted by molar-refractivity contribution is -0.0963. The number of allylic oxidation sites excluding steroid dienone is 2. The monoisotopic (exact) mass is 220 g/mol. The van der Waals surface area contributed by atoms with Crippen LogP contribution in [0.3, 0.4) is 0 Å². The molecule has 0 heterocycles. The van der Waals surface area contributed by atoms with Gasteiger partial charge in [0.25, 0.3) is 0 Å². The van der Waals surface area contributed by atoms with Crippen LogP contribution in [0.4, 0.5) is 0 Å². The zero-order valence-electron chi connectivity index (χ0n) is 10.0. The van der Waals surface area contributed by atoms with Gasteiger partial charge < -0.3 is 9.47 Å². The van der Waals surface area contributed by atoms with E-state index < -0.39 is 0 Å². The van der Waals surface area contributed by atoms with Crippen molar-refractivity contribution in [2.45, 2.75) is 25.0 Å². The highest BCUT2D eigenvalue weighted by Crippen LogP contribution is 2.66. The maximum Gasteiger partial charge on any atom is 0.0866 e. The molecule has 0 aromatic heterocycles. The third-order valence-corrected chi connectivity index (χ3v) is 5.83. The summed E-state index contributed by atoms with van der Waals surface area (Å²) in [5.74, 6) is 5.09. The first-order valence-corrected chi connectivity index (χ1v) is 6.59. The van der Waals surface area contributed by atoms with Crippen LogP contribution in [0.15, 0.2) is 12.2 Å². The van der Waals surface area contributed by atoms with E-state index >= 15 is 0 Å². The average Bonchev–Trinajstić information content (AvgIpc) is 3.03. The fraction of sp³-hybridized carbons (Fsp3) is 0.857. The third-order valence-electron chi connectivity index (χ3n) is 5.83. The Hall–Kier alpha value is -0.340. The summed E-state index contributed by atoms with van der Waals surface area (Å²) < 4.78 is 11.4. The number of fused-ring (bicyclic) bond motifs is 9. The predicted molar refractivity (Wildman–Crippen MR) is 60.9 cm³/mol. The van der Waals surface area contributed by atoms with Crippen molar-refractivity contribution < 1.29 is 9.47 Å². The number of hydrogen-bond donors (Lipinski definition) is 0. The number of rotatable bonds is 2. The molecule has 4 aliphatic rings. The molecule has 4 bridgehead atoms. The van der Waals surface area contributed by atoms with Crippen LogP contribution >= 0.6 is 0 Å². The molecule has 16 heavy (non-hydrogen) atoms. The highest BCUT2D eigenvalue weighted by atomic mass is 16.5. The smallest absolute Gasteiger partial charge is 0.0866 e. The quantitative estimate of drug-likeness (QED) is 0.524. The standard InChI is InChI=1S/C14H20O2/c1-15-13-9-6-10(14(13)16-2)12-8-4-3-7(5-8)11(9)12/h3-4,7-14H,5-6H2,1-2H3. The number of methoxy groups -OCH3 is 2. The van der Waals surface area contributed by atoms with E-state index in [0.717, 1.165) is 35.5 Å². The lowest BCUT2D eigenvalue weighted by atomic mass is 9.71. The van der Waals surface area contributed by atoms with E-state index in [0.29, 0.717) is 12.2 Å². The van der Waals surface area contributed by atoms with Crippen LogP contribution in [0, 0.1) is 35.5 Å². The summed E-state index contributed by atoms with van der Waals surface area (Å²) in [7, 11) is 3.71. The highest BCUT2D eigenvalue weighted by Gasteiger charge is 2.65. The molecule has 4 rings (SSSR count). The molecule has 0 spiro atoms. The van der Waals surface area contributed by atoms with Crippen LogP contribution in [0.2, 0.25) is 0 Å². The van der Waals surface area contributed by atoms with Gasteiger partial charge in [-0.1, -0.05) is 12.2 Å². The number of hydrogen-bond acceptors (Lipinski definition) is 2. The van der Waals surface area contributed by atoms with Gasteiger partial charge in [0.15, 0.2) is 0 Å². The fourth-order valence-electron chi connectivity index (χ4n) is 5.54. The number of ether oxygens (including phenoxy) is 2. The molecule has 0 saturated heterocycles. The van der Waals surface area contributed by atoms with Gasteiger partial charge in [0, 0.05) is 14.2 Å². The molecule has 0 radical (unpaired) electrons.